The molecule has 0 aliphatic heterocycles. The summed E-state index contributed by atoms with van der Waals surface area (Å²) in [6.07, 6.45) is 1.52. The largest absolute Gasteiger partial charge is 0.437 e. The molecule has 0 saturated heterocycles. The van der Waals surface area contributed by atoms with Gasteiger partial charge in [0.15, 0.2) is 0 Å². The second kappa shape index (κ2) is 14.9. The Morgan fingerprint density at radius 1 is 0.976 bits per heavy atom. The average molecular weight is 618 g/mol. The molecule has 212 valence electrons. The summed E-state index contributed by atoms with van der Waals surface area (Å²) in [6.45, 7) is 9.05. The Kier molecular flexibility index (Phi) is 11.3. The summed E-state index contributed by atoms with van der Waals surface area (Å²) in [4.78, 5) is 29.7. The molecule has 41 heavy (non-hydrogen) atoms. The van der Waals surface area contributed by atoms with Crippen LogP contribution in [-0.4, -0.2) is 41.4 Å². The second-order valence-electron chi connectivity index (χ2n) is 9.39. The van der Waals surface area contributed by atoms with E-state index in [2.05, 4.69) is 56.4 Å². The molecule has 0 unspecified atom stereocenters. The smallest absolute Gasteiger partial charge is 0.255 e. The topological polar surface area (TPSA) is 117 Å². The van der Waals surface area contributed by atoms with Gasteiger partial charge in [-0.25, -0.2) is 9.97 Å². The SMILES string of the molecule is C=O.CO.Cc1cccc(C(=O)Nc2ccc(-c3oc4ncnc(NCC(C)C)c4c3-c3cccc(Br)c3)cc2)c1. The number of amides is 1. The van der Waals surface area contributed by atoms with Crippen molar-refractivity contribution >= 4 is 51.2 Å². The van der Waals surface area contributed by atoms with E-state index in [1.807, 2.05) is 74.4 Å². The number of aryl methyl sites for hydroxylation is 1. The number of aliphatic hydroxyl groups excluding tert-OH is 1. The Morgan fingerprint density at radius 2 is 1.68 bits per heavy atom. The highest BCUT2D eigenvalue weighted by Crippen LogP contribution is 2.43. The molecule has 3 N–H and O–H groups in total. The third kappa shape index (κ3) is 7.65. The zero-order valence-corrected chi connectivity index (χ0v) is 25.0. The van der Waals surface area contributed by atoms with E-state index in [1.54, 1.807) is 6.07 Å². The van der Waals surface area contributed by atoms with Crippen LogP contribution in [0.2, 0.25) is 0 Å². The number of furan rings is 1. The highest BCUT2D eigenvalue weighted by Gasteiger charge is 2.22. The predicted octanol–water partition coefficient (Wildman–Crippen LogP) is 7.37. The van der Waals surface area contributed by atoms with E-state index in [9.17, 15) is 4.79 Å². The van der Waals surface area contributed by atoms with Gasteiger partial charge in [-0.1, -0.05) is 59.6 Å². The van der Waals surface area contributed by atoms with Gasteiger partial charge in [0.05, 0.1) is 5.39 Å². The molecule has 0 bridgehead atoms. The van der Waals surface area contributed by atoms with Gasteiger partial charge in [-0.2, -0.15) is 0 Å². The third-order valence-corrected chi connectivity index (χ3v) is 6.46. The number of hydrogen-bond acceptors (Lipinski definition) is 7. The average Bonchev–Trinajstić information content (AvgIpc) is 3.39. The molecule has 5 aromatic rings. The highest BCUT2D eigenvalue weighted by atomic mass is 79.9. The first kappa shape index (κ1) is 31.2. The van der Waals surface area contributed by atoms with E-state index in [-0.39, 0.29) is 5.91 Å². The minimum Gasteiger partial charge on any atom is -0.437 e. The summed E-state index contributed by atoms with van der Waals surface area (Å²) in [6, 6.07) is 23.3. The number of aromatic nitrogens is 2. The summed E-state index contributed by atoms with van der Waals surface area (Å²) >= 11 is 3.60. The molecule has 5 rings (SSSR count). The van der Waals surface area contributed by atoms with E-state index in [4.69, 9.17) is 14.3 Å². The number of aliphatic hydroxyl groups is 1. The Morgan fingerprint density at radius 3 is 2.34 bits per heavy atom. The Labute approximate surface area is 248 Å². The minimum atomic E-state index is -0.147. The lowest BCUT2D eigenvalue weighted by Crippen LogP contribution is -2.11. The lowest BCUT2D eigenvalue weighted by molar-refractivity contribution is -0.0980. The second-order valence-corrected chi connectivity index (χ2v) is 10.3. The molecule has 8 nitrogen and oxygen atoms in total. The normalized spacial score (nSPS) is 10.3. The lowest BCUT2D eigenvalue weighted by Gasteiger charge is -2.10. The van der Waals surface area contributed by atoms with Crippen LogP contribution in [0.15, 0.2) is 88.0 Å². The summed E-state index contributed by atoms with van der Waals surface area (Å²) in [5.74, 6) is 1.74. The zero-order valence-electron chi connectivity index (χ0n) is 23.4. The molecule has 0 aliphatic carbocycles. The maximum absolute atomic E-state index is 12.7. The van der Waals surface area contributed by atoms with Gasteiger partial charge >= 0.3 is 0 Å². The Hall–Kier alpha value is -4.34. The van der Waals surface area contributed by atoms with E-state index in [0.29, 0.717) is 28.6 Å². The molecule has 3 aromatic carbocycles. The van der Waals surface area contributed by atoms with Gasteiger partial charge < -0.3 is 25.0 Å². The van der Waals surface area contributed by atoms with E-state index in [1.165, 1.54) is 6.33 Å². The number of nitrogens with zero attached hydrogens (tertiary/aromatic N) is 2. The summed E-state index contributed by atoms with van der Waals surface area (Å²) in [7, 11) is 1.00. The number of rotatable bonds is 7. The van der Waals surface area contributed by atoms with Crippen molar-refractivity contribution in [2.75, 3.05) is 24.3 Å². The quantitative estimate of drug-likeness (QED) is 0.175. The Bertz CT molecular complexity index is 1600. The number of halogens is 1. The number of nitrogens with one attached hydrogen (secondary N) is 2. The van der Waals surface area contributed by atoms with Crippen molar-refractivity contribution in [3.05, 3.63) is 94.7 Å². The third-order valence-electron chi connectivity index (χ3n) is 5.96. The van der Waals surface area contributed by atoms with Gasteiger partial charge in [0.1, 0.15) is 24.7 Å². The lowest BCUT2D eigenvalue weighted by atomic mass is 9.99. The van der Waals surface area contributed by atoms with Crippen LogP contribution in [0.5, 0.6) is 0 Å². The number of carbonyl (C=O) groups is 2. The van der Waals surface area contributed by atoms with Gasteiger partial charge in [0.25, 0.3) is 5.91 Å². The molecule has 0 atom stereocenters. The van der Waals surface area contributed by atoms with E-state index >= 15 is 0 Å². The molecule has 0 fully saturated rings. The van der Waals surface area contributed by atoms with Gasteiger partial charge in [0.2, 0.25) is 5.71 Å². The first-order valence-corrected chi connectivity index (χ1v) is 13.7. The van der Waals surface area contributed by atoms with Crippen LogP contribution >= 0.6 is 15.9 Å². The summed E-state index contributed by atoms with van der Waals surface area (Å²) in [5, 5.41) is 14.3. The van der Waals surface area contributed by atoms with Crippen LogP contribution in [0, 0.1) is 12.8 Å². The number of anilines is 2. The molecule has 0 aliphatic rings. The first-order valence-electron chi connectivity index (χ1n) is 12.9. The fourth-order valence-corrected chi connectivity index (χ4v) is 4.58. The Balaban J connectivity index is 0.00000111. The van der Waals surface area contributed by atoms with Crippen molar-refractivity contribution in [2.24, 2.45) is 5.92 Å². The molecule has 1 amide bonds. The van der Waals surface area contributed by atoms with Crippen molar-refractivity contribution in [1.29, 1.82) is 0 Å². The van der Waals surface area contributed by atoms with Crippen LogP contribution < -0.4 is 10.6 Å². The highest BCUT2D eigenvalue weighted by molar-refractivity contribution is 9.10. The van der Waals surface area contributed by atoms with Crippen LogP contribution in [0.4, 0.5) is 11.5 Å². The van der Waals surface area contributed by atoms with Crippen molar-refractivity contribution in [1.82, 2.24) is 9.97 Å². The van der Waals surface area contributed by atoms with E-state index < -0.39 is 0 Å². The summed E-state index contributed by atoms with van der Waals surface area (Å²) < 4.78 is 7.30. The fraction of sp³-hybridized carbons (Fsp3) is 0.188. The van der Waals surface area contributed by atoms with E-state index in [0.717, 1.165) is 51.6 Å². The number of carbonyl (C=O) groups excluding carboxylic acids is 2. The van der Waals surface area contributed by atoms with Crippen molar-refractivity contribution < 1.29 is 19.1 Å². The van der Waals surface area contributed by atoms with Crippen molar-refractivity contribution in [3.8, 4) is 22.5 Å². The van der Waals surface area contributed by atoms with Crippen LogP contribution in [-0.2, 0) is 4.79 Å². The van der Waals surface area contributed by atoms with Gasteiger partial charge in [-0.3, -0.25) is 4.79 Å². The van der Waals surface area contributed by atoms with Gasteiger partial charge in [0, 0.05) is 40.5 Å². The van der Waals surface area contributed by atoms with Gasteiger partial charge in [-0.05, 0) is 66.9 Å². The predicted molar refractivity (Wildman–Crippen MR) is 168 cm³/mol. The summed E-state index contributed by atoms with van der Waals surface area (Å²) in [5.41, 5.74) is 5.66. The minimum absolute atomic E-state index is 0.147. The monoisotopic (exact) mass is 616 g/mol. The number of fused-ring (bicyclic) bond motifs is 1. The number of benzene rings is 3. The molecular weight excluding hydrogens is 584 g/mol. The van der Waals surface area contributed by atoms with Gasteiger partial charge in [-0.15, -0.1) is 0 Å². The van der Waals surface area contributed by atoms with Crippen molar-refractivity contribution in [3.63, 3.8) is 0 Å². The zero-order chi connectivity index (χ0) is 29.9. The first-order chi connectivity index (χ1) is 19.9. The molecule has 0 saturated carbocycles. The standard InChI is InChI=1S/C30H27BrN4O2.CH4O.CH2O/c1-18(2)16-32-28-26-25(21-7-5-9-23(31)15-21)27(37-30(26)34-17-33-28)20-10-12-24(13-11-20)35-29(36)22-8-4-6-19(3)14-22;2*1-2/h4-15,17-18H,16H2,1-3H3,(H,35,36)(H,32,33,34);2H,1H3;1H2. The molecule has 0 radical (unpaired) electrons. The number of hydrogen-bond donors (Lipinski definition) is 3. The molecular formula is C32H33BrN4O4. The molecule has 2 heterocycles. The maximum Gasteiger partial charge on any atom is 0.255 e. The fourth-order valence-electron chi connectivity index (χ4n) is 4.19. The van der Waals surface area contributed by atoms with Crippen molar-refractivity contribution in [2.45, 2.75) is 20.8 Å². The maximum atomic E-state index is 12.7. The van der Waals surface area contributed by atoms with Crippen LogP contribution in [0.1, 0.15) is 29.8 Å². The molecule has 9 heteroatoms. The van der Waals surface area contributed by atoms with Crippen LogP contribution in [0.25, 0.3) is 33.6 Å². The molecule has 0 spiro atoms. The molecule has 2 aromatic heterocycles. The van der Waals surface area contributed by atoms with Crippen LogP contribution in [0.3, 0.4) is 0 Å².